The summed E-state index contributed by atoms with van der Waals surface area (Å²) in [5, 5.41) is 10.1. The fourth-order valence-electron chi connectivity index (χ4n) is 6.97. The van der Waals surface area contributed by atoms with Crippen LogP contribution in [0.1, 0.15) is 12.5 Å². The number of benzene rings is 1. The van der Waals surface area contributed by atoms with Crippen molar-refractivity contribution in [3.05, 3.63) is 60.2 Å². The number of ether oxygens (including phenoxy) is 2. The van der Waals surface area contributed by atoms with Crippen molar-refractivity contribution in [3.8, 4) is 0 Å². The Morgan fingerprint density at radius 2 is 1.73 bits per heavy atom. The Morgan fingerprint density at radius 3 is 2.48 bits per heavy atom. The van der Waals surface area contributed by atoms with Crippen LogP contribution in [-0.4, -0.2) is 125 Å². The van der Waals surface area contributed by atoms with Crippen LogP contribution in [0.5, 0.6) is 0 Å². The number of fused-ring (bicyclic) bond motifs is 2. The molecule has 6 atom stereocenters. The monoisotopic (exact) mass is 550 g/mol. The highest BCUT2D eigenvalue weighted by Crippen LogP contribution is 2.54. The first-order valence-corrected chi connectivity index (χ1v) is 14.3. The Hall–Kier alpha value is -3.05. The lowest BCUT2D eigenvalue weighted by atomic mass is 9.77. The van der Waals surface area contributed by atoms with Crippen molar-refractivity contribution in [1.29, 1.82) is 0 Å². The molecule has 0 aliphatic carbocycles. The van der Waals surface area contributed by atoms with Gasteiger partial charge in [0.15, 0.2) is 0 Å². The zero-order chi connectivity index (χ0) is 27.9. The summed E-state index contributed by atoms with van der Waals surface area (Å²) in [7, 11) is 0. The molecule has 1 aromatic rings. The van der Waals surface area contributed by atoms with E-state index in [-0.39, 0.29) is 24.3 Å². The molecule has 6 rings (SSSR count). The van der Waals surface area contributed by atoms with Crippen molar-refractivity contribution in [2.45, 2.75) is 37.3 Å². The average Bonchev–Trinajstić information content (AvgIpc) is 3.31. The molecule has 3 amide bonds. The van der Waals surface area contributed by atoms with Gasteiger partial charge in [0, 0.05) is 45.8 Å². The number of carbonyl (C=O) groups is 3. The summed E-state index contributed by atoms with van der Waals surface area (Å²) < 4.78 is 12.1. The summed E-state index contributed by atoms with van der Waals surface area (Å²) in [5.74, 6) is -2.28. The fourth-order valence-corrected chi connectivity index (χ4v) is 6.97. The molecule has 5 aliphatic rings. The second kappa shape index (κ2) is 11.1. The van der Waals surface area contributed by atoms with Crippen LogP contribution < -0.4 is 0 Å². The highest BCUT2D eigenvalue weighted by Gasteiger charge is 2.72. The van der Waals surface area contributed by atoms with Crippen LogP contribution in [0.3, 0.4) is 0 Å². The second-order valence-corrected chi connectivity index (χ2v) is 11.4. The van der Waals surface area contributed by atoms with Crippen molar-refractivity contribution in [2.75, 3.05) is 59.1 Å². The number of rotatable bonds is 7. The van der Waals surface area contributed by atoms with Gasteiger partial charge in [-0.1, -0.05) is 54.6 Å². The number of carbonyl (C=O) groups excluding carboxylic acids is 3. The molecule has 5 heterocycles. The second-order valence-electron chi connectivity index (χ2n) is 11.4. The van der Waals surface area contributed by atoms with Crippen molar-refractivity contribution in [2.24, 2.45) is 11.8 Å². The zero-order valence-corrected chi connectivity index (χ0v) is 22.9. The minimum absolute atomic E-state index is 0.152. The largest absolute Gasteiger partial charge is 0.394 e. The van der Waals surface area contributed by atoms with E-state index in [1.54, 1.807) is 16.7 Å². The topological polar surface area (TPSA) is 103 Å². The molecular weight excluding hydrogens is 512 g/mol. The molecule has 1 aromatic carbocycles. The van der Waals surface area contributed by atoms with Gasteiger partial charge in [0.2, 0.25) is 17.7 Å². The third-order valence-corrected chi connectivity index (χ3v) is 9.01. The SMILES string of the molecule is C[C@H](CO)N1C(=O)[C@@H]2[C@@H]3C(=O)N(Cc4ccccc4)CC=C[C@@H]3O[C@@]23C=CCN(CCN2CCOCC2)C(=O)C13. The number of amides is 3. The standard InChI is InChI=1S/C30H38N4O6/c1-21(20-35)34-26-29(38)32(14-13-31-15-17-39-18-16-31)12-6-10-30(26)25(28(34)37)24-23(40-30)9-5-11-33(27(24)36)19-22-7-3-2-4-8-22/h2-10,21,23-26,35H,11-20H2,1H3/t21-,23+,24-,25+,26?,30+/m1/s1. The summed E-state index contributed by atoms with van der Waals surface area (Å²) in [6.07, 6.45) is 6.95. The normalized spacial score (nSPS) is 33.0. The van der Waals surface area contributed by atoms with Gasteiger partial charge in [-0.05, 0) is 12.5 Å². The van der Waals surface area contributed by atoms with Crippen LogP contribution in [-0.2, 0) is 30.4 Å². The van der Waals surface area contributed by atoms with E-state index in [1.807, 2.05) is 54.6 Å². The lowest BCUT2D eigenvalue weighted by Gasteiger charge is -2.38. The average molecular weight is 551 g/mol. The third-order valence-electron chi connectivity index (χ3n) is 9.01. The van der Waals surface area contributed by atoms with Gasteiger partial charge in [-0.25, -0.2) is 0 Å². The minimum Gasteiger partial charge on any atom is -0.394 e. The molecule has 214 valence electrons. The van der Waals surface area contributed by atoms with Gasteiger partial charge in [-0.2, -0.15) is 0 Å². The number of aliphatic hydroxyl groups is 1. The van der Waals surface area contributed by atoms with Gasteiger partial charge in [-0.15, -0.1) is 0 Å². The predicted molar refractivity (Wildman–Crippen MR) is 146 cm³/mol. The summed E-state index contributed by atoms with van der Waals surface area (Å²) in [5.41, 5.74) is -0.279. The molecule has 0 radical (unpaired) electrons. The first-order valence-electron chi connectivity index (χ1n) is 14.3. The first kappa shape index (κ1) is 27.1. The van der Waals surface area contributed by atoms with Gasteiger partial charge < -0.3 is 29.3 Å². The van der Waals surface area contributed by atoms with E-state index in [9.17, 15) is 19.5 Å². The van der Waals surface area contributed by atoms with Crippen LogP contribution in [0.15, 0.2) is 54.6 Å². The smallest absolute Gasteiger partial charge is 0.249 e. The molecule has 10 heteroatoms. The van der Waals surface area contributed by atoms with Gasteiger partial charge in [-0.3, -0.25) is 19.3 Å². The molecule has 1 unspecified atom stereocenters. The Balaban J connectivity index is 1.32. The van der Waals surface area contributed by atoms with E-state index < -0.39 is 35.6 Å². The van der Waals surface area contributed by atoms with E-state index in [0.29, 0.717) is 45.9 Å². The molecule has 3 fully saturated rings. The van der Waals surface area contributed by atoms with E-state index in [2.05, 4.69) is 4.90 Å². The third kappa shape index (κ3) is 4.56. The van der Waals surface area contributed by atoms with Crippen LogP contribution in [0.2, 0.25) is 0 Å². The van der Waals surface area contributed by atoms with E-state index in [0.717, 1.165) is 18.7 Å². The number of hydrogen-bond acceptors (Lipinski definition) is 7. The van der Waals surface area contributed by atoms with Crippen LogP contribution in [0, 0.1) is 11.8 Å². The number of morpholine rings is 1. The quantitative estimate of drug-likeness (QED) is 0.487. The Labute approximate surface area is 234 Å². The first-order chi connectivity index (χ1) is 19.4. The molecule has 1 spiro atoms. The summed E-state index contributed by atoms with van der Waals surface area (Å²) in [6.45, 7) is 6.89. The van der Waals surface area contributed by atoms with Crippen molar-refractivity contribution < 1.29 is 29.0 Å². The maximum Gasteiger partial charge on any atom is 0.249 e. The number of hydrogen-bond donors (Lipinski definition) is 1. The summed E-state index contributed by atoms with van der Waals surface area (Å²) in [4.78, 5) is 49.8. The Bertz CT molecular complexity index is 1180. The van der Waals surface area contributed by atoms with Crippen molar-refractivity contribution in [3.63, 3.8) is 0 Å². The maximum absolute atomic E-state index is 14.2. The van der Waals surface area contributed by atoms with E-state index >= 15 is 0 Å². The molecule has 0 aromatic heterocycles. The van der Waals surface area contributed by atoms with Crippen LogP contribution in [0.25, 0.3) is 0 Å². The molecule has 0 saturated carbocycles. The summed E-state index contributed by atoms with van der Waals surface area (Å²) in [6, 6.07) is 8.22. The van der Waals surface area contributed by atoms with Crippen LogP contribution in [0.4, 0.5) is 0 Å². The number of likely N-dealkylation sites (tertiary alicyclic amines) is 1. The van der Waals surface area contributed by atoms with Gasteiger partial charge in [0.25, 0.3) is 0 Å². The number of aliphatic hydroxyl groups excluding tert-OH is 1. The minimum atomic E-state index is -1.28. The van der Waals surface area contributed by atoms with Crippen molar-refractivity contribution in [1.82, 2.24) is 19.6 Å². The highest BCUT2D eigenvalue weighted by molar-refractivity contribution is 6.00. The highest BCUT2D eigenvalue weighted by atomic mass is 16.5. The molecule has 5 aliphatic heterocycles. The summed E-state index contributed by atoms with van der Waals surface area (Å²) >= 11 is 0. The molecule has 3 saturated heterocycles. The number of nitrogens with zero attached hydrogens (tertiary/aromatic N) is 4. The predicted octanol–water partition coefficient (Wildman–Crippen LogP) is 0.277. The van der Waals surface area contributed by atoms with E-state index in [4.69, 9.17) is 9.47 Å². The molecular formula is C30H38N4O6. The van der Waals surface area contributed by atoms with Crippen molar-refractivity contribution >= 4 is 17.7 Å². The van der Waals surface area contributed by atoms with Gasteiger partial charge in [0.05, 0.1) is 43.8 Å². The Kier molecular flexibility index (Phi) is 7.52. The lowest BCUT2D eigenvalue weighted by molar-refractivity contribution is -0.151. The molecule has 0 bridgehead atoms. The molecule has 1 N–H and O–H groups in total. The molecule has 10 nitrogen and oxygen atoms in total. The van der Waals surface area contributed by atoms with Gasteiger partial charge >= 0.3 is 0 Å². The van der Waals surface area contributed by atoms with Gasteiger partial charge in [0.1, 0.15) is 11.6 Å². The molecule has 40 heavy (non-hydrogen) atoms. The lowest BCUT2D eigenvalue weighted by Crippen LogP contribution is -2.58. The van der Waals surface area contributed by atoms with Crippen LogP contribution >= 0.6 is 0 Å². The fraction of sp³-hybridized carbons (Fsp3) is 0.567. The zero-order valence-electron chi connectivity index (χ0n) is 22.9. The van der Waals surface area contributed by atoms with E-state index in [1.165, 1.54) is 4.90 Å². The maximum atomic E-state index is 14.2. The Morgan fingerprint density at radius 1 is 0.975 bits per heavy atom.